The molecular weight excluding hydrogens is 255 g/mol. The first-order chi connectivity index (χ1) is 7.95. The van der Waals surface area contributed by atoms with Crippen LogP contribution in [0.3, 0.4) is 0 Å². The second-order valence-electron chi connectivity index (χ2n) is 3.47. The number of nitrogens with two attached hydrogens (primary N) is 1. The number of nitrogens with one attached hydrogen (secondary N) is 1. The molecule has 0 atom stereocenters. The lowest BCUT2D eigenvalue weighted by Gasteiger charge is -2.10. The van der Waals surface area contributed by atoms with Crippen LogP contribution in [0.25, 0.3) is 0 Å². The van der Waals surface area contributed by atoms with E-state index >= 15 is 0 Å². The molecule has 0 aliphatic rings. The minimum atomic E-state index is -4.42. The van der Waals surface area contributed by atoms with E-state index in [-0.39, 0.29) is 10.8 Å². The standard InChI is InChI=1S/C10H13ClF3N3/c11-8-5-7(10(12,13)14)6-17-9(8)16-4-2-1-3-15/h5-6H,1-4,15H2,(H,16,17). The molecule has 0 saturated heterocycles. The average molecular weight is 268 g/mol. The molecule has 0 aliphatic heterocycles. The number of unbranched alkanes of at least 4 members (excludes halogenated alkanes) is 1. The maximum Gasteiger partial charge on any atom is 0.417 e. The number of nitrogens with zero attached hydrogens (tertiary/aromatic N) is 1. The Hall–Kier alpha value is -1.01. The largest absolute Gasteiger partial charge is 0.417 e. The molecule has 1 aromatic rings. The van der Waals surface area contributed by atoms with Gasteiger partial charge >= 0.3 is 6.18 Å². The highest BCUT2D eigenvalue weighted by Gasteiger charge is 2.31. The fourth-order valence-electron chi connectivity index (χ4n) is 1.20. The Morgan fingerprint density at radius 3 is 2.59 bits per heavy atom. The summed E-state index contributed by atoms with van der Waals surface area (Å²) in [5.74, 6) is 0.261. The zero-order valence-corrected chi connectivity index (χ0v) is 9.78. The average Bonchev–Trinajstić information content (AvgIpc) is 2.24. The first-order valence-corrected chi connectivity index (χ1v) is 5.49. The van der Waals surface area contributed by atoms with Gasteiger partial charge in [-0.2, -0.15) is 13.2 Å². The fraction of sp³-hybridized carbons (Fsp3) is 0.500. The van der Waals surface area contributed by atoms with Gasteiger partial charge in [-0.05, 0) is 25.5 Å². The smallest absolute Gasteiger partial charge is 0.369 e. The van der Waals surface area contributed by atoms with E-state index < -0.39 is 11.7 Å². The zero-order valence-electron chi connectivity index (χ0n) is 9.02. The highest BCUT2D eigenvalue weighted by atomic mass is 35.5. The Bertz CT molecular complexity index is 368. The Morgan fingerprint density at radius 2 is 2.06 bits per heavy atom. The maximum absolute atomic E-state index is 12.3. The summed E-state index contributed by atoms with van der Waals surface area (Å²) in [4.78, 5) is 3.65. The monoisotopic (exact) mass is 267 g/mol. The molecule has 0 fully saturated rings. The topological polar surface area (TPSA) is 50.9 Å². The number of hydrogen-bond acceptors (Lipinski definition) is 3. The van der Waals surface area contributed by atoms with Crippen molar-refractivity contribution in [3.05, 3.63) is 22.8 Å². The van der Waals surface area contributed by atoms with Gasteiger partial charge in [0.2, 0.25) is 0 Å². The molecule has 0 radical (unpaired) electrons. The van der Waals surface area contributed by atoms with E-state index in [1.807, 2.05) is 0 Å². The first kappa shape index (κ1) is 14.1. The molecule has 1 rings (SSSR count). The lowest BCUT2D eigenvalue weighted by Crippen LogP contribution is -2.09. The summed E-state index contributed by atoms with van der Waals surface area (Å²) in [5, 5.41) is 2.83. The van der Waals surface area contributed by atoms with E-state index in [1.54, 1.807) is 0 Å². The van der Waals surface area contributed by atoms with Gasteiger partial charge in [-0.15, -0.1) is 0 Å². The van der Waals surface area contributed by atoms with Gasteiger partial charge in [0, 0.05) is 12.7 Å². The van der Waals surface area contributed by atoms with Gasteiger partial charge in [-0.3, -0.25) is 0 Å². The molecule has 7 heteroatoms. The van der Waals surface area contributed by atoms with Gasteiger partial charge in [-0.25, -0.2) is 4.98 Å². The van der Waals surface area contributed by atoms with Gasteiger partial charge in [-0.1, -0.05) is 11.6 Å². The van der Waals surface area contributed by atoms with Crippen molar-refractivity contribution < 1.29 is 13.2 Å². The van der Waals surface area contributed by atoms with E-state index in [0.717, 1.165) is 25.1 Å². The van der Waals surface area contributed by atoms with Crippen LogP contribution in [0.5, 0.6) is 0 Å². The van der Waals surface area contributed by atoms with Crippen LogP contribution in [-0.4, -0.2) is 18.1 Å². The molecule has 0 unspecified atom stereocenters. The van der Waals surface area contributed by atoms with E-state index in [9.17, 15) is 13.2 Å². The predicted molar refractivity (Wildman–Crippen MR) is 61.0 cm³/mol. The molecule has 17 heavy (non-hydrogen) atoms. The number of rotatable bonds is 5. The van der Waals surface area contributed by atoms with E-state index in [1.165, 1.54) is 0 Å². The van der Waals surface area contributed by atoms with Crippen LogP contribution in [0.15, 0.2) is 12.3 Å². The Balaban J connectivity index is 2.64. The van der Waals surface area contributed by atoms with Crippen molar-refractivity contribution in [2.24, 2.45) is 5.73 Å². The fourth-order valence-corrected chi connectivity index (χ4v) is 1.43. The predicted octanol–water partition coefficient (Wildman–Crippen LogP) is 2.90. The summed E-state index contributed by atoms with van der Waals surface area (Å²) in [5.41, 5.74) is 4.46. The number of hydrogen-bond donors (Lipinski definition) is 2. The number of alkyl halides is 3. The van der Waals surface area contributed by atoms with Crippen LogP contribution < -0.4 is 11.1 Å². The van der Waals surface area contributed by atoms with Crippen molar-refractivity contribution >= 4 is 17.4 Å². The van der Waals surface area contributed by atoms with Gasteiger partial charge in [0.15, 0.2) is 0 Å². The molecule has 1 aromatic heterocycles. The van der Waals surface area contributed by atoms with Crippen LogP contribution in [0, 0.1) is 0 Å². The normalized spacial score (nSPS) is 11.6. The Morgan fingerprint density at radius 1 is 1.35 bits per heavy atom. The maximum atomic E-state index is 12.3. The summed E-state index contributed by atoms with van der Waals surface area (Å²) < 4.78 is 37.0. The van der Waals surface area contributed by atoms with E-state index in [4.69, 9.17) is 17.3 Å². The third-order valence-corrected chi connectivity index (χ3v) is 2.38. The third-order valence-electron chi connectivity index (χ3n) is 2.09. The summed E-state index contributed by atoms with van der Waals surface area (Å²) in [7, 11) is 0. The Labute approximate surface area is 102 Å². The Kier molecular flexibility index (Phi) is 5.02. The van der Waals surface area contributed by atoms with Gasteiger partial charge < -0.3 is 11.1 Å². The van der Waals surface area contributed by atoms with Crippen molar-refractivity contribution in [2.45, 2.75) is 19.0 Å². The molecule has 96 valence electrons. The van der Waals surface area contributed by atoms with E-state index in [2.05, 4.69) is 10.3 Å². The number of anilines is 1. The summed E-state index contributed by atoms with van der Waals surface area (Å²) in [6, 6.07) is 0.861. The van der Waals surface area contributed by atoms with Gasteiger partial charge in [0.05, 0.1) is 10.6 Å². The summed E-state index contributed by atoms with van der Waals surface area (Å²) in [6.45, 7) is 1.16. The minimum Gasteiger partial charge on any atom is -0.369 e. The van der Waals surface area contributed by atoms with Crippen LogP contribution in [-0.2, 0) is 6.18 Å². The molecule has 0 saturated carbocycles. The molecule has 3 N–H and O–H groups in total. The zero-order chi connectivity index (χ0) is 12.9. The summed E-state index contributed by atoms with van der Waals surface area (Å²) in [6.07, 6.45) is -2.01. The van der Waals surface area contributed by atoms with Crippen LogP contribution in [0.4, 0.5) is 19.0 Å². The van der Waals surface area contributed by atoms with Gasteiger partial charge in [0.1, 0.15) is 5.82 Å². The first-order valence-electron chi connectivity index (χ1n) is 5.12. The number of aromatic nitrogens is 1. The molecule has 0 aromatic carbocycles. The lowest BCUT2D eigenvalue weighted by atomic mass is 10.2. The van der Waals surface area contributed by atoms with Crippen molar-refractivity contribution in [3.63, 3.8) is 0 Å². The SMILES string of the molecule is NCCCCNc1ncc(C(F)(F)F)cc1Cl. The second-order valence-corrected chi connectivity index (χ2v) is 3.88. The second kappa shape index (κ2) is 6.07. The molecule has 0 amide bonds. The highest BCUT2D eigenvalue weighted by Crippen LogP contribution is 2.32. The molecule has 0 aliphatic carbocycles. The van der Waals surface area contributed by atoms with Crippen LogP contribution in [0.2, 0.25) is 5.02 Å². The van der Waals surface area contributed by atoms with Crippen molar-refractivity contribution in [2.75, 3.05) is 18.4 Å². The number of halogens is 4. The number of pyridine rings is 1. The van der Waals surface area contributed by atoms with Crippen molar-refractivity contribution in [1.29, 1.82) is 0 Å². The molecule has 0 bridgehead atoms. The lowest BCUT2D eigenvalue weighted by molar-refractivity contribution is -0.137. The van der Waals surface area contributed by atoms with Crippen LogP contribution >= 0.6 is 11.6 Å². The molecule has 1 heterocycles. The van der Waals surface area contributed by atoms with Crippen LogP contribution in [0.1, 0.15) is 18.4 Å². The molecular formula is C10H13ClF3N3. The molecule has 3 nitrogen and oxygen atoms in total. The quantitative estimate of drug-likeness (QED) is 0.807. The highest BCUT2D eigenvalue weighted by molar-refractivity contribution is 6.32. The van der Waals surface area contributed by atoms with E-state index in [0.29, 0.717) is 13.1 Å². The molecule has 0 spiro atoms. The van der Waals surface area contributed by atoms with Crippen molar-refractivity contribution in [3.8, 4) is 0 Å². The van der Waals surface area contributed by atoms with Crippen molar-refractivity contribution in [1.82, 2.24) is 4.98 Å². The summed E-state index contributed by atoms with van der Waals surface area (Å²) >= 11 is 5.70. The van der Waals surface area contributed by atoms with Gasteiger partial charge in [0.25, 0.3) is 0 Å². The third kappa shape index (κ3) is 4.40. The minimum absolute atomic E-state index is 0.0347.